The van der Waals surface area contributed by atoms with Crippen LogP contribution in [-0.2, 0) is 20.0 Å². The number of nitrogens with one attached hydrogen (secondary N) is 1. The van der Waals surface area contributed by atoms with E-state index in [2.05, 4.69) is 26.8 Å². The van der Waals surface area contributed by atoms with Crippen LogP contribution in [0, 0.1) is 18.8 Å². The van der Waals surface area contributed by atoms with Crippen LogP contribution in [0.25, 0.3) is 16.8 Å². The highest BCUT2D eigenvalue weighted by Gasteiger charge is 2.53. The zero-order valence-corrected chi connectivity index (χ0v) is 23.8. The van der Waals surface area contributed by atoms with E-state index in [1.165, 1.54) is 12.4 Å². The highest BCUT2D eigenvalue weighted by molar-refractivity contribution is 7.90. The Hall–Kier alpha value is -2.25. The van der Waals surface area contributed by atoms with E-state index in [9.17, 15) is 16.8 Å². The van der Waals surface area contributed by atoms with Gasteiger partial charge in [-0.15, -0.1) is 33.4 Å². The number of fused-ring (bicyclic) bond motifs is 3. The third-order valence-electron chi connectivity index (χ3n) is 7.58. The fraction of sp³-hybridized carbons (Fsp3) is 0.458. The molecule has 0 bridgehead atoms. The number of halogens is 2. The third kappa shape index (κ3) is 4.49. The van der Waals surface area contributed by atoms with Gasteiger partial charge in [-0.1, -0.05) is 24.6 Å². The first kappa shape index (κ1) is 26.0. The minimum atomic E-state index is -3.87. The Morgan fingerprint density at radius 1 is 1.08 bits per heavy atom. The van der Waals surface area contributed by atoms with E-state index in [4.69, 9.17) is 23.2 Å². The Balaban J connectivity index is 1.31. The highest BCUT2D eigenvalue weighted by Crippen LogP contribution is 2.53. The van der Waals surface area contributed by atoms with E-state index in [0.29, 0.717) is 36.3 Å². The summed E-state index contributed by atoms with van der Waals surface area (Å²) in [6.07, 6.45) is 4.62. The lowest BCUT2D eigenvalue weighted by atomic mass is 9.97. The fourth-order valence-electron chi connectivity index (χ4n) is 5.43. The minimum Gasteiger partial charge on any atom is -0.274 e. The van der Waals surface area contributed by atoms with Gasteiger partial charge in [0.2, 0.25) is 10.0 Å². The van der Waals surface area contributed by atoms with Gasteiger partial charge in [-0.2, -0.15) is 0 Å². The van der Waals surface area contributed by atoms with Crippen LogP contribution in [0.4, 0.5) is 0 Å². The van der Waals surface area contributed by atoms with E-state index < -0.39 is 24.4 Å². The van der Waals surface area contributed by atoms with E-state index in [1.54, 1.807) is 30.3 Å². The second kappa shape index (κ2) is 8.88. The third-order valence-corrected chi connectivity index (χ3v) is 11.7. The van der Waals surface area contributed by atoms with Gasteiger partial charge in [0.15, 0.2) is 11.3 Å². The lowest BCUT2D eigenvalue weighted by Crippen LogP contribution is -2.35. The zero-order valence-electron chi connectivity index (χ0n) is 20.6. The number of hydrogen-bond acceptors (Lipinski definition) is 7. The topological polar surface area (TPSA) is 128 Å². The molecule has 10 nitrogen and oxygen atoms in total. The van der Waals surface area contributed by atoms with E-state index in [1.807, 2.05) is 11.3 Å². The summed E-state index contributed by atoms with van der Waals surface area (Å²) in [6.45, 7) is 3.94. The molecule has 4 atom stereocenters. The molecule has 0 amide bonds. The molecule has 3 heterocycles. The van der Waals surface area contributed by atoms with Crippen LogP contribution < -0.4 is 4.72 Å². The molecule has 2 aliphatic carbocycles. The van der Waals surface area contributed by atoms with Crippen molar-refractivity contribution in [3.8, 4) is 0 Å². The van der Waals surface area contributed by atoms with Crippen LogP contribution in [0.5, 0.6) is 0 Å². The minimum absolute atomic E-state index is 0.0959. The van der Waals surface area contributed by atoms with Crippen molar-refractivity contribution < 1.29 is 16.8 Å². The van der Waals surface area contributed by atoms with Crippen molar-refractivity contribution in [2.24, 2.45) is 11.8 Å². The first-order chi connectivity index (χ1) is 17.9. The van der Waals surface area contributed by atoms with E-state index in [0.717, 1.165) is 9.54 Å². The van der Waals surface area contributed by atoms with Crippen molar-refractivity contribution in [2.45, 2.75) is 54.3 Å². The van der Waals surface area contributed by atoms with Crippen LogP contribution in [-0.4, -0.2) is 56.5 Å². The van der Waals surface area contributed by atoms with Gasteiger partial charge < -0.3 is 0 Å². The Morgan fingerprint density at radius 3 is 2.47 bits per heavy atom. The number of hydrogen-bond donors (Lipinski definition) is 1. The predicted octanol–water partition coefficient (Wildman–Crippen LogP) is 3.62. The molecular formula is C24H26Cl2N6O4S2. The summed E-state index contributed by atoms with van der Waals surface area (Å²) in [7, 11) is -7.42. The molecule has 0 aliphatic heterocycles. The molecule has 4 aromatic rings. The Kier molecular flexibility index (Phi) is 6.08. The number of aryl methyl sites for hydroxylation is 1. The average molecular weight is 598 g/mol. The number of nitrogens with zero attached hydrogens (tertiary/aromatic N) is 5. The first-order valence-electron chi connectivity index (χ1n) is 12.3. The summed E-state index contributed by atoms with van der Waals surface area (Å²) in [5.74, 6) is 0.298. The second-order valence-electron chi connectivity index (χ2n) is 10.5. The van der Waals surface area contributed by atoms with Crippen LogP contribution in [0.3, 0.4) is 0 Å². The molecule has 1 unspecified atom stereocenters. The van der Waals surface area contributed by atoms with Gasteiger partial charge in [0.1, 0.15) is 10.2 Å². The van der Waals surface area contributed by atoms with E-state index in [-0.39, 0.29) is 40.1 Å². The van der Waals surface area contributed by atoms with Crippen molar-refractivity contribution in [1.82, 2.24) is 28.3 Å². The molecule has 1 aromatic carbocycles. The molecule has 2 aliphatic rings. The summed E-state index contributed by atoms with van der Waals surface area (Å²) in [4.78, 5) is 4.56. The molecule has 0 saturated heterocycles. The molecule has 14 heteroatoms. The smallest absolute Gasteiger partial charge is 0.269 e. The van der Waals surface area contributed by atoms with Crippen molar-refractivity contribution in [3.63, 3.8) is 0 Å². The van der Waals surface area contributed by atoms with Gasteiger partial charge in [-0.05, 0) is 50.3 Å². The SMILES string of the molecule is Cc1ccc(S(=O)(=O)n2ccc3c2ncc2nnc([C@H]4C[C@@H](NS(=O)(=O)CC5CC5(Cl)Cl)C[C@H]4C)n23)cc1. The van der Waals surface area contributed by atoms with Gasteiger partial charge in [0.25, 0.3) is 10.0 Å². The molecule has 2 saturated carbocycles. The Bertz CT molecular complexity index is 1770. The lowest BCUT2D eigenvalue weighted by molar-refractivity contribution is 0.505. The van der Waals surface area contributed by atoms with Crippen molar-refractivity contribution in [1.29, 1.82) is 0 Å². The fourth-order valence-corrected chi connectivity index (χ4v) is 9.17. The molecule has 2 fully saturated rings. The van der Waals surface area contributed by atoms with Crippen LogP contribution in [0.1, 0.15) is 43.5 Å². The maximum Gasteiger partial charge on any atom is 0.269 e. The van der Waals surface area contributed by atoms with Crippen molar-refractivity contribution in [2.75, 3.05) is 5.75 Å². The average Bonchev–Trinajstić information content (AvgIpc) is 3.27. The summed E-state index contributed by atoms with van der Waals surface area (Å²) in [5, 5.41) is 8.70. The lowest BCUT2D eigenvalue weighted by Gasteiger charge is -2.14. The largest absolute Gasteiger partial charge is 0.274 e. The Morgan fingerprint density at radius 2 is 1.79 bits per heavy atom. The summed E-state index contributed by atoms with van der Waals surface area (Å²) in [5.41, 5.74) is 2.27. The normalized spacial score (nSPS) is 25.4. The van der Waals surface area contributed by atoms with Crippen LogP contribution in [0.2, 0.25) is 0 Å². The number of benzene rings is 1. The second-order valence-corrected chi connectivity index (χ2v) is 15.6. The maximum absolute atomic E-state index is 13.4. The Labute approximate surface area is 230 Å². The summed E-state index contributed by atoms with van der Waals surface area (Å²) < 4.78 is 57.0. The van der Waals surface area contributed by atoms with Gasteiger partial charge in [0, 0.05) is 24.1 Å². The summed E-state index contributed by atoms with van der Waals surface area (Å²) >= 11 is 12.1. The standard InChI is InChI=1S/C24H26Cl2N6O4S2/c1-14-3-5-18(6-4-14)38(35,36)31-8-7-20-23(31)27-12-21-28-29-22(32(20)21)19-10-17(9-15(19)2)30-37(33,34)13-16-11-24(16,25)26/h3-8,12,15-17,19,30H,9-11,13H2,1-2H3/t15-,16?,17+,19+/m1/s1. The van der Waals surface area contributed by atoms with Crippen molar-refractivity contribution in [3.05, 3.63) is 54.1 Å². The predicted molar refractivity (Wildman–Crippen MR) is 144 cm³/mol. The first-order valence-corrected chi connectivity index (χ1v) is 16.1. The maximum atomic E-state index is 13.4. The molecule has 1 N–H and O–H groups in total. The zero-order chi connectivity index (χ0) is 27.0. The monoisotopic (exact) mass is 596 g/mol. The number of rotatable bonds is 7. The molecular weight excluding hydrogens is 571 g/mol. The molecule has 0 spiro atoms. The number of aromatic nitrogens is 5. The molecule has 6 rings (SSSR count). The molecule has 3 aromatic heterocycles. The van der Waals surface area contributed by atoms with Crippen LogP contribution >= 0.6 is 23.2 Å². The molecule has 202 valence electrons. The molecule has 0 radical (unpaired) electrons. The van der Waals surface area contributed by atoms with Gasteiger partial charge in [0.05, 0.1) is 22.4 Å². The highest BCUT2D eigenvalue weighted by atomic mass is 35.5. The van der Waals surface area contributed by atoms with Gasteiger partial charge in [-0.3, -0.25) is 4.40 Å². The summed E-state index contributed by atoms with van der Waals surface area (Å²) in [6, 6.07) is 8.07. The quantitative estimate of drug-likeness (QED) is 0.322. The van der Waals surface area contributed by atoms with Crippen LogP contribution in [0.15, 0.2) is 47.6 Å². The van der Waals surface area contributed by atoms with Crippen molar-refractivity contribution >= 4 is 60.1 Å². The number of sulfonamides is 1. The van der Waals surface area contributed by atoms with Gasteiger partial charge >= 0.3 is 0 Å². The van der Waals surface area contributed by atoms with E-state index >= 15 is 0 Å². The number of alkyl halides is 2. The van der Waals surface area contributed by atoms with Gasteiger partial charge in [-0.25, -0.2) is 30.5 Å². The molecule has 38 heavy (non-hydrogen) atoms.